The molecule has 474 valence electrons. The highest BCUT2D eigenvalue weighted by molar-refractivity contribution is 5.71. The third-order valence-electron chi connectivity index (χ3n) is 14.9. The molecule has 0 aromatic carbocycles. The van der Waals surface area contributed by atoms with E-state index in [0.29, 0.717) is 17.4 Å². The van der Waals surface area contributed by atoms with Crippen LogP contribution in [0.2, 0.25) is 0 Å². The lowest BCUT2D eigenvalue weighted by atomic mass is 10.0. The molecule has 2 unspecified atom stereocenters. The largest absolute Gasteiger partial charge is 0.477 e. The van der Waals surface area contributed by atoms with Gasteiger partial charge in [0.1, 0.15) is 13.2 Å². The van der Waals surface area contributed by atoms with Gasteiger partial charge in [0.15, 0.2) is 6.10 Å². The number of hydrogen-bond acceptors (Lipinski definition) is 7. The summed E-state index contributed by atoms with van der Waals surface area (Å²) in [6.07, 6.45) is 82.7. The molecule has 0 heterocycles. The van der Waals surface area contributed by atoms with E-state index < -0.39 is 24.3 Å². The molecule has 9 heteroatoms. The van der Waals surface area contributed by atoms with E-state index in [4.69, 9.17) is 18.9 Å². The molecule has 0 saturated carbocycles. The van der Waals surface area contributed by atoms with Gasteiger partial charge < -0.3 is 28.5 Å². The fourth-order valence-corrected chi connectivity index (χ4v) is 9.66. The minimum Gasteiger partial charge on any atom is -0.477 e. The number of aliphatic carboxylic acids is 1. The normalized spacial score (nSPS) is 13.2. The second kappa shape index (κ2) is 63.5. The van der Waals surface area contributed by atoms with Crippen LogP contribution in [-0.4, -0.2) is 87.4 Å². The van der Waals surface area contributed by atoms with E-state index in [1.165, 1.54) is 186 Å². The standard InChI is InChI=1S/C73H129NO8/c1-6-8-10-12-14-16-18-20-22-24-26-27-28-29-30-31-32-33-34-35-36-37-38-39-40-41-42-43-44-45-46-48-50-52-54-56-58-60-62-64-71(76)82-69(68-81-73(72(77)78)79-66-65-74(3,4)5)67-80-70(75)63-61-59-57-55-53-51-49-47-25-23-21-19-17-15-13-11-9-7-2/h8,10,14,16-17,19-20,22-23,25-27,29-30,69,73H,6-7,9,11-13,15,18,21,24,28,31-68H2,1-5H3/p+1/b10-8-,16-14-,19-17-,22-20-,25-23-,27-26-,30-29-. The van der Waals surface area contributed by atoms with Gasteiger partial charge in [0.25, 0.3) is 6.29 Å². The Hall–Kier alpha value is -3.53. The zero-order chi connectivity index (χ0) is 59.8. The van der Waals surface area contributed by atoms with Gasteiger partial charge in [-0.1, -0.05) is 285 Å². The maximum Gasteiger partial charge on any atom is 0.361 e. The molecule has 0 bridgehead atoms. The molecule has 2 atom stereocenters. The van der Waals surface area contributed by atoms with Crippen LogP contribution in [0.3, 0.4) is 0 Å². The smallest absolute Gasteiger partial charge is 0.361 e. The summed E-state index contributed by atoms with van der Waals surface area (Å²) in [4.78, 5) is 37.5. The minimum absolute atomic E-state index is 0.185. The number of carboxylic acids is 1. The quantitative estimate of drug-likeness (QED) is 0.0211. The topological polar surface area (TPSA) is 108 Å². The van der Waals surface area contributed by atoms with E-state index in [9.17, 15) is 19.5 Å². The Kier molecular flexibility index (Phi) is 60.8. The number of hydrogen-bond donors (Lipinski definition) is 1. The predicted molar refractivity (Wildman–Crippen MR) is 350 cm³/mol. The predicted octanol–water partition coefficient (Wildman–Crippen LogP) is 21.1. The molecular weight excluding hydrogens is 1020 g/mol. The molecule has 1 N–H and O–H groups in total. The van der Waals surface area contributed by atoms with Gasteiger partial charge in [0.2, 0.25) is 0 Å². The fraction of sp³-hybridized carbons (Fsp3) is 0.767. The van der Waals surface area contributed by atoms with Crippen molar-refractivity contribution >= 4 is 17.9 Å². The van der Waals surface area contributed by atoms with Crippen molar-refractivity contribution in [3.05, 3.63) is 85.1 Å². The van der Waals surface area contributed by atoms with E-state index in [1.807, 2.05) is 21.1 Å². The Morgan fingerprint density at radius 1 is 0.378 bits per heavy atom. The van der Waals surface area contributed by atoms with Crippen LogP contribution in [0.4, 0.5) is 0 Å². The lowest BCUT2D eigenvalue weighted by Crippen LogP contribution is -2.40. The lowest BCUT2D eigenvalue weighted by Gasteiger charge is -2.25. The van der Waals surface area contributed by atoms with E-state index in [1.54, 1.807) is 0 Å². The molecular formula is C73H130NO8+. The summed E-state index contributed by atoms with van der Waals surface area (Å²) in [5, 5.41) is 9.73. The first kappa shape index (κ1) is 78.5. The maximum atomic E-state index is 12.9. The first-order valence-corrected chi connectivity index (χ1v) is 34.3. The van der Waals surface area contributed by atoms with Crippen molar-refractivity contribution < 1.29 is 42.9 Å². The molecule has 0 aliphatic rings. The van der Waals surface area contributed by atoms with Crippen LogP contribution >= 0.6 is 0 Å². The van der Waals surface area contributed by atoms with Gasteiger partial charge in [-0.05, 0) is 89.9 Å². The molecule has 0 aliphatic carbocycles. The molecule has 0 aliphatic heterocycles. The van der Waals surface area contributed by atoms with Crippen molar-refractivity contribution in [2.24, 2.45) is 0 Å². The van der Waals surface area contributed by atoms with Gasteiger partial charge in [-0.2, -0.15) is 0 Å². The molecule has 0 aromatic rings. The lowest BCUT2D eigenvalue weighted by molar-refractivity contribution is -0.870. The summed E-state index contributed by atoms with van der Waals surface area (Å²) in [5.74, 6) is -2.00. The van der Waals surface area contributed by atoms with Gasteiger partial charge in [0, 0.05) is 12.8 Å². The third kappa shape index (κ3) is 64.0. The number of esters is 2. The second-order valence-electron chi connectivity index (χ2n) is 24.1. The summed E-state index contributed by atoms with van der Waals surface area (Å²) in [6.45, 7) is 4.77. The van der Waals surface area contributed by atoms with Crippen LogP contribution < -0.4 is 0 Å². The van der Waals surface area contributed by atoms with Crippen molar-refractivity contribution in [3.63, 3.8) is 0 Å². The molecule has 0 spiro atoms. The van der Waals surface area contributed by atoms with Crippen LogP contribution in [0.25, 0.3) is 0 Å². The summed E-state index contributed by atoms with van der Waals surface area (Å²) in [7, 11) is 5.98. The Morgan fingerprint density at radius 3 is 1.04 bits per heavy atom. The van der Waals surface area contributed by atoms with Gasteiger partial charge in [-0.15, -0.1) is 0 Å². The van der Waals surface area contributed by atoms with Gasteiger partial charge in [-0.25, -0.2) is 4.79 Å². The molecule has 0 rings (SSSR count). The van der Waals surface area contributed by atoms with Crippen molar-refractivity contribution in [1.29, 1.82) is 0 Å². The first-order chi connectivity index (χ1) is 40.1. The van der Waals surface area contributed by atoms with E-state index in [2.05, 4.69) is 98.9 Å². The van der Waals surface area contributed by atoms with Crippen molar-refractivity contribution in [2.75, 3.05) is 47.5 Å². The van der Waals surface area contributed by atoms with E-state index >= 15 is 0 Å². The monoisotopic (exact) mass is 1150 g/mol. The van der Waals surface area contributed by atoms with Crippen LogP contribution in [0.15, 0.2) is 85.1 Å². The third-order valence-corrected chi connectivity index (χ3v) is 14.9. The van der Waals surface area contributed by atoms with Gasteiger partial charge >= 0.3 is 17.9 Å². The van der Waals surface area contributed by atoms with Gasteiger partial charge in [0.05, 0.1) is 34.4 Å². The van der Waals surface area contributed by atoms with Crippen molar-refractivity contribution in [1.82, 2.24) is 0 Å². The number of ether oxygens (including phenoxy) is 4. The highest BCUT2D eigenvalue weighted by Gasteiger charge is 2.25. The average molecular weight is 1150 g/mol. The molecule has 9 nitrogen and oxygen atoms in total. The SMILES string of the molecule is CC/C=C\C/C=C\C/C=C\C/C=C\C/C=C\CCCCCCCCCCCCCCCCCCCCCCCCCC(=O)OC(COC(=O)CCCCCCCCC/C=C\C/C=C\CCCCCC)COC(OCC[N+](C)(C)C)C(=O)O. The minimum atomic E-state index is -1.51. The van der Waals surface area contributed by atoms with Crippen LogP contribution in [0.5, 0.6) is 0 Å². The van der Waals surface area contributed by atoms with E-state index in [-0.39, 0.29) is 32.2 Å². The average Bonchev–Trinajstić information content (AvgIpc) is 3.45. The number of likely N-dealkylation sites (N-methyl/N-ethyl adjacent to an activating group) is 1. The summed E-state index contributed by atoms with van der Waals surface area (Å²) < 4.78 is 22.9. The Bertz CT molecular complexity index is 1620. The number of carboxylic acid groups (broad SMARTS) is 1. The molecule has 0 radical (unpaired) electrons. The Labute approximate surface area is 506 Å². The maximum absolute atomic E-state index is 12.9. The number of allylic oxidation sites excluding steroid dienone is 14. The number of carbonyl (C=O) groups excluding carboxylic acids is 2. The highest BCUT2D eigenvalue weighted by atomic mass is 16.7. The van der Waals surface area contributed by atoms with Crippen molar-refractivity contribution in [2.45, 2.75) is 315 Å². The number of rotatable bonds is 63. The van der Waals surface area contributed by atoms with Crippen LogP contribution in [-0.2, 0) is 33.3 Å². The zero-order valence-corrected chi connectivity index (χ0v) is 54.1. The zero-order valence-electron chi connectivity index (χ0n) is 54.1. The van der Waals surface area contributed by atoms with Crippen LogP contribution in [0.1, 0.15) is 303 Å². The number of nitrogens with zero attached hydrogens (tertiary/aromatic N) is 1. The molecule has 82 heavy (non-hydrogen) atoms. The molecule has 0 amide bonds. The molecule has 0 saturated heterocycles. The Morgan fingerprint density at radius 2 is 0.695 bits per heavy atom. The van der Waals surface area contributed by atoms with Crippen molar-refractivity contribution in [3.8, 4) is 0 Å². The number of unbranched alkanes of at least 4 members (excludes halogenated alkanes) is 34. The fourth-order valence-electron chi connectivity index (χ4n) is 9.66. The summed E-state index contributed by atoms with van der Waals surface area (Å²) in [5.41, 5.74) is 0. The number of quaternary nitrogens is 1. The Balaban J connectivity index is 4.01. The van der Waals surface area contributed by atoms with Gasteiger partial charge in [-0.3, -0.25) is 9.59 Å². The first-order valence-electron chi connectivity index (χ1n) is 34.3. The summed E-state index contributed by atoms with van der Waals surface area (Å²) >= 11 is 0. The van der Waals surface area contributed by atoms with E-state index in [0.717, 1.165) is 89.9 Å². The summed E-state index contributed by atoms with van der Waals surface area (Å²) in [6, 6.07) is 0. The van der Waals surface area contributed by atoms with Crippen LogP contribution in [0, 0.1) is 0 Å². The highest BCUT2D eigenvalue weighted by Crippen LogP contribution is 2.18. The number of carbonyl (C=O) groups is 3. The molecule has 0 aromatic heterocycles. The second-order valence-corrected chi connectivity index (χ2v) is 24.1. The molecule has 0 fully saturated rings.